The van der Waals surface area contributed by atoms with Crippen molar-refractivity contribution in [2.24, 2.45) is 10.8 Å². The van der Waals surface area contributed by atoms with Crippen LogP contribution in [-0.4, -0.2) is 33.0 Å². The molecule has 0 radical (unpaired) electrons. The normalized spacial score (nSPS) is 12.4. The molecule has 0 heterocycles. The Bertz CT molecular complexity index is 977. The number of hydrazone groups is 1. The van der Waals surface area contributed by atoms with Crippen molar-refractivity contribution in [2.75, 3.05) is 7.11 Å². The summed E-state index contributed by atoms with van der Waals surface area (Å²) in [4.78, 5) is -0.0641. The highest BCUT2D eigenvalue weighted by Crippen LogP contribution is 2.29. The molecule has 28 heavy (non-hydrogen) atoms. The van der Waals surface area contributed by atoms with Crippen molar-refractivity contribution in [2.45, 2.75) is 24.8 Å². The quantitative estimate of drug-likeness (QED) is 0.288. The van der Waals surface area contributed by atoms with Crippen molar-refractivity contribution in [3.05, 3.63) is 48.0 Å². The molecule has 10 heteroatoms. The lowest BCUT2D eigenvalue weighted by molar-refractivity contribution is 0.290. The highest BCUT2D eigenvalue weighted by Gasteiger charge is 2.22. The van der Waals surface area contributed by atoms with E-state index in [2.05, 4.69) is 22.7 Å². The van der Waals surface area contributed by atoms with Crippen molar-refractivity contribution >= 4 is 33.7 Å². The monoisotopic (exact) mass is 423 g/mol. The highest BCUT2D eigenvalue weighted by atomic mass is 32.2. The molecule has 0 spiro atoms. The van der Waals surface area contributed by atoms with Crippen LogP contribution in [0.2, 0.25) is 0 Å². The van der Waals surface area contributed by atoms with Gasteiger partial charge in [-0.15, -0.1) is 0 Å². The number of thiocarbonyl (C=S) groups is 1. The third-order valence-corrected chi connectivity index (χ3v) is 4.73. The van der Waals surface area contributed by atoms with Gasteiger partial charge in [0.1, 0.15) is 28.2 Å². The van der Waals surface area contributed by atoms with Crippen LogP contribution in [0.1, 0.15) is 12.5 Å². The van der Waals surface area contributed by atoms with Crippen molar-refractivity contribution in [1.29, 1.82) is 0 Å². The van der Waals surface area contributed by atoms with Gasteiger partial charge in [-0.2, -0.15) is 13.5 Å². The number of methoxy groups -OCH3 is 1. The third kappa shape index (κ3) is 6.10. The highest BCUT2D eigenvalue weighted by molar-refractivity contribution is 7.87. The van der Waals surface area contributed by atoms with E-state index in [0.717, 1.165) is 5.56 Å². The maximum atomic E-state index is 12.6. The Hall–Kier alpha value is -2.85. The summed E-state index contributed by atoms with van der Waals surface area (Å²) < 4.78 is 41.4. The molecule has 0 aliphatic carbocycles. The molecule has 2 aromatic carbocycles. The van der Waals surface area contributed by atoms with Crippen LogP contribution in [0.15, 0.2) is 52.5 Å². The van der Waals surface area contributed by atoms with Crippen LogP contribution in [-0.2, 0) is 10.1 Å². The first-order chi connectivity index (χ1) is 13.2. The average Bonchev–Trinajstić information content (AvgIpc) is 2.60. The second-order valence-electron chi connectivity index (χ2n) is 5.75. The van der Waals surface area contributed by atoms with Crippen LogP contribution < -0.4 is 24.8 Å². The van der Waals surface area contributed by atoms with Crippen LogP contribution in [0.25, 0.3) is 0 Å². The van der Waals surface area contributed by atoms with Gasteiger partial charge in [-0.1, -0.05) is 12.1 Å². The van der Waals surface area contributed by atoms with Crippen molar-refractivity contribution in [1.82, 2.24) is 5.43 Å². The Kier molecular flexibility index (Phi) is 7.18. The summed E-state index contributed by atoms with van der Waals surface area (Å²) in [6.07, 6.45) is 1.04. The number of nitrogens with zero attached hydrogens (tertiary/aromatic N) is 1. The number of ether oxygens (including phenoxy) is 2. The van der Waals surface area contributed by atoms with Gasteiger partial charge in [-0.3, -0.25) is 5.43 Å². The first-order valence-corrected chi connectivity index (χ1v) is 9.97. The van der Waals surface area contributed by atoms with Gasteiger partial charge < -0.3 is 19.4 Å². The Morgan fingerprint density at radius 3 is 2.61 bits per heavy atom. The summed E-state index contributed by atoms with van der Waals surface area (Å²) in [7, 11) is -2.70. The lowest BCUT2D eigenvalue weighted by Crippen LogP contribution is -2.25. The fourth-order valence-electron chi connectivity index (χ4n) is 2.28. The van der Waals surface area contributed by atoms with Gasteiger partial charge in [0.25, 0.3) is 0 Å². The summed E-state index contributed by atoms with van der Waals surface area (Å²) >= 11 is 4.65. The first-order valence-electron chi connectivity index (χ1n) is 8.16. The van der Waals surface area contributed by atoms with E-state index >= 15 is 0 Å². The maximum Gasteiger partial charge on any atom is 0.342 e. The standard InChI is InChI=1S/C18H21N3O5S2/c1-12-8-14(25-13(2)11-20-21-18(19)27)10-15(9-12)26-28(22,23)17-7-5-4-6-16(17)24-3/h4-11,13H,1-3H3,(H3,19,21,27). The summed E-state index contributed by atoms with van der Waals surface area (Å²) in [5, 5.41) is 3.86. The van der Waals surface area contributed by atoms with Crippen molar-refractivity contribution < 1.29 is 22.1 Å². The molecule has 2 rings (SSSR count). The molecule has 1 atom stereocenters. The first kappa shape index (κ1) is 21.5. The van der Waals surface area contributed by atoms with Crippen LogP contribution in [0.4, 0.5) is 0 Å². The van der Waals surface area contributed by atoms with E-state index in [0.29, 0.717) is 5.75 Å². The van der Waals surface area contributed by atoms with E-state index in [9.17, 15) is 8.42 Å². The molecular weight excluding hydrogens is 402 g/mol. The van der Waals surface area contributed by atoms with Gasteiger partial charge in [0.2, 0.25) is 0 Å². The molecule has 0 bridgehead atoms. The van der Waals surface area contributed by atoms with Crippen molar-refractivity contribution in [3.63, 3.8) is 0 Å². The number of hydrogen-bond donors (Lipinski definition) is 2. The van der Waals surface area contributed by atoms with Gasteiger partial charge in [-0.25, -0.2) is 0 Å². The molecule has 1 unspecified atom stereocenters. The molecule has 8 nitrogen and oxygen atoms in total. The van der Waals surface area contributed by atoms with Gasteiger partial charge in [0.15, 0.2) is 5.11 Å². The minimum absolute atomic E-state index is 0.0382. The molecule has 0 aliphatic heterocycles. The average molecular weight is 424 g/mol. The Morgan fingerprint density at radius 1 is 1.25 bits per heavy atom. The SMILES string of the molecule is COc1ccccc1S(=O)(=O)Oc1cc(C)cc(OC(C)C=NNC(N)=S)c1. The number of nitrogens with one attached hydrogen (secondary N) is 1. The summed E-state index contributed by atoms with van der Waals surface area (Å²) in [6, 6.07) is 11.0. The topological polar surface area (TPSA) is 112 Å². The fraction of sp³-hybridized carbons (Fsp3) is 0.222. The summed E-state index contributed by atoms with van der Waals surface area (Å²) in [5.41, 5.74) is 8.47. The Labute approximate surface area is 169 Å². The smallest absolute Gasteiger partial charge is 0.342 e. The number of aryl methyl sites for hydroxylation is 1. The number of benzene rings is 2. The summed E-state index contributed by atoms with van der Waals surface area (Å²) in [5.74, 6) is 0.729. The fourth-order valence-corrected chi connectivity index (χ4v) is 3.41. The van der Waals surface area contributed by atoms with Crippen LogP contribution in [0, 0.1) is 6.92 Å². The molecule has 0 fully saturated rings. The minimum atomic E-state index is -4.09. The molecule has 150 valence electrons. The van der Waals surface area contributed by atoms with E-state index in [1.165, 1.54) is 25.5 Å². The van der Waals surface area contributed by atoms with E-state index in [4.69, 9.17) is 19.4 Å². The van der Waals surface area contributed by atoms with E-state index in [1.807, 2.05) is 0 Å². The molecule has 2 aromatic rings. The Morgan fingerprint density at radius 2 is 1.93 bits per heavy atom. The van der Waals surface area contributed by atoms with Gasteiger partial charge in [0, 0.05) is 6.07 Å². The minimum Gasteiger partial charge on any atom is -0.495 e. The lowest BCUT2D eigenvalue weighted by atomic mass is 10.2. The number of hydrogen-bond acceptors (Lipinski definition) is 7. The number of nitrogens with two attached hydrogens (primary N) is 1. The zero-order valence-corrected chi connectivity index (χ0v) is 17.2. The predicted octanol–water partition coefficient (Wildman–Crippen LogP) is 2.36. The van der Waals surface area contributed by atoms with E-state index < -0.39 is 16.2 Å². The van der Waals surface area contributed by atoms with Gasteiger partial charge >= 0.3 is 10.1 Å². The van der Waals surface area contributed by atoms with Gasteiger partial charge in [0.05, 0.1) is 13.3 Å². The molecule has 0 amide bonds. The largest absolute Gasteiger partial charge is 0.495 e. The second kappa shape index (κ2) is 9.38. The molecule has 0 saturated heterocycles. The molecular formula is C18H21N3O5S2. The molecule has 0 aromatic heterocycles. The third-order valence-electron chi connectivity index (χ3n) is 3.35. The van der Waals surface area contributed by atoms with E-state index in [-0.39, 0.29) is 21.5 Å². The van der Waals surface area contributed by atoms with Gasteiger partial charge in [-0.05, 0) is 55.9 Å². The van der Waals surface area contributed by atoms with Crippen LogP contribution >= 0.6 is 12.2 Å². The lowest BCUT2D eigenvalue weighted by Gasteiger charge is -2.14. The van der Waals surface area contributed by atoms with Crippen molar-refractivity contribution in [3.8, 4) is 17.2 Å². The molecule has 0 aliphatic rings. The molecule has 0 saturated carbocycles. The second-order valence-corrected chi connectivity index (χ2v) is 7.70. The van der Waals surface area contributed by atoms with Crippen LogP contribution in [0.5, 0.6) is 17.2 Å². The number of rotatable bonds is 8. The molecule has 3 N–H and O–H groups in total. The maximum absolute atomic E-state index is 12.6. The Balaban J connectivity index is 2.21. The number of para-hydroxylation sites is 1. The zero-order valence-electron chi connectivity index (χ0n) is 15.6. The summed E-state index contributed by atoms with van der Waals surface area (Å²) in [6.45, 7) is 3.54. The van der Waals surface area contributed by atoms with Crippen LogP contribution in [0.3, 0.4) is 0 Å². The predicted molar refractivity (Wildman–Crippen MR) is 110 cm³/mol. The van der Waals surface area contributed by atoms with E-state index in [1.54, 1.807) is 44.2 Å². The zero-order chi connectivity index (χ0) is 20.7.